The van der Waals surface area contributed by atoms with Crippen molar-refractivity contribution in [2.24, 2.45) is 11.8 Å². The molecule has 4 fully saturated rings. The van der Waals surface area contributed by atoms with Gasteiger partial charge in [0.1, 0.15) is 0 Å². The van der Waals surface area contributed by atoms with Crippen LogP contribution in [0.1, 0.15) is 44.9 Å². The molecule has 0 spiro atoms. The van der Waals surface area contributed by atoms with Crippen molar-refractivity contribution in [2.45, 2.75) is 57.0 Å². The van der Waals surface area contributed by atoms with Crippen LogP contribution in [0.15, 0.2) is 0 Å². The summed E-state index contributed by atoms with van der Waals surface area (Å²) >= 11 is 0. The van der Waals surface area contributed by atoms with Crippen molar-refractivity contribution in [1.82, 2.24) is 4.90 Å². The Kier molecular flexibility index (Phi) is 2.68. The zero-order valence-corrected chi connectivity index (χ0v) is 11.6. The number of nitrogens with zero attached hydrogens (tertiary/aromatic N) is 2. The molecule has 1 amide bonds. The second-order valence-corrected chi connectivity index (χ2v) is 7.10. The summed E-state index contributed by atoms with van der Waals surface area (Å²) in [5, 5.41) is 13.1. The maximum Gasteiger partial charge on any atom is 0.222 e. The molecule has 0 aliphatic carbocycles. The Balaban J connectivity index is 1.69. The highest BCUT2D eigenvalue weighted by Crippen LogP contribution is 2.47. The molecule has 4 nitrogen and oxygen atoms in total. The molecular weight excluding hydrogens is 240 g/mol. The smallest absolute Gasteiger partial charge is 0.222 e. The number of hydrogen-bond donors (Lipinski definition) is 0. The maximum absolute atomic E-state index is 13.1. The molecule has 1 unspecified atom stereocenters. The van der Waals surface area contributed by atoms with Gasteiger partial charge in [-0.3, -0.25) is 4.79 Å². The highest BCUT2D eigenvalue weighted by Gasteiger charge is 2.55. The van der Waals surface area contributed by atoms with Crippen molar-refractivity contribution in [3.8, 4) is 0 Å². The van der Waals surface area contributed by atoms with Crippen LogP contribution in [0.4, 0.5) is 0 Å². The van der Waals surface area contributed by atoms with Crippen molar-refractivity contribution in [3.05, 3.63) is 5.21 Å². The summed E-state index contributed by atoms with van der Waals surface area (Å²) in [6.45, 7) is 2.55. The number of rotatable bonds is 0. The normalized spacial score (nSPS) is 49.5. The van der Waals surface area contributed by atoms with Gasteiger partial charge in [0.25, 0.3) is 0 Å². The van der Waals surface area contributed by atoms with Crippen LogP contribution < -0.4 is 0 Å². The summed E-state index contributed by atoms with van der Waals surface area (Å²) in [6.07, 6.45) is 7.38. The van der Waals surface area contributed by atoms with E-state index in [1.807, 2.05) is 0 Å². The molecule has 0 N–H and O–H groups in total. The molecule has 0 bridgehead atoms. The molecule has 4 rings (SSSR count). The summed E-state index contributed by atoms with van der Waals surface area (Å²) in [5.74, 6) is 1.33. The average Bonchev–Trinajstić information content (AvgIpc) is 2.40. The van der Waals surface area contributed by atoms with E-state index in [1.165, 1.54) is 12.8 Å². The van der Waals surface area contributed by atoms with E-state index in [0.29, 0.717) is 29.8 Å². The minimum absolute atomic E-state index is 0.0772. The van der Waals surface area contributed by atoms with Crippen LogP contribution in [0.3, 0.4) is 0 Å². The van der Waals surface area contributed by atoms with Gasteiger partial charge < -0.3 is 14.8 Å². The first-order valence-corrected chi connectivity index (χ1v) is 8.06. The molecule has 4 saturated heterocycles. The van der Waals surface area contributed by atoms with E-state index >= 15 is 0 Å². The summed E-state index contributed by atoms with van der Waals surface area (Å²) < 4.78 is 0.0772. The van der Waals surface area contributed by atoms with Crippen LogP contribution in [-0.2, 0) is 4.79 Å². The monoisotopic (exact) mass is 264 g/mol. The van der Waals surface area contributed by atoms with E-state index in [0.717, 1.165) is 51.7 Å². The fraction of sp³-hybridized carbons (Fsp3) is 0.933. The number of hydroxylamine groups is 3. The van der Waals surface area contributed by atoms with Gasteiger partial charge in [-0.15, -0.1) is 0 Å². The highest BCUT2D eigenvalue weighted by atomic mass is 16.5. The van der Waals surface area contributed by atoms with Gasteiger partial charge in [0, 0.05) is 30.8 Å². The van der Waals surface area contributed by atoms with Gasteiger partial charge in [-0.25, -0.2) is 0 Å². The van der Waals surface area contributed by atoms with Gasteiger partial charge in [0.2, 0.25) is 5.91 Å². The van der Waals surface area contributed by atoms with Crippen molar-refractivity contribution in [3.63, 3.8) is 0 Å². The van der Waals surface area contributed by atoms with Gasteiger partial charge in [-0.1, -0.05) is 0 Å². The van der Waals surface area contributed by atoms with Gasteiger partial charge in [0.05, 0.1) is 19.1 Å². The molecule has 0 aromatic heterocycles. The minimum atomic E-state index is 0.0772. The van der Waals surface area contributed by atoms with Crippen LogP contribution in [0.2, 0.25) is 0 Å². The van der Waals surface area contributed by atoms with Crippen molar-refractivity contribution < 1.29 is 9.44 Å². The highest BCUT2D eigenvalue weighted by molar-refractivity contribution is 5.77. The minimum Gasteiger partial charge on any atom is -0.633 e. The summed E-state index contributed by atoms with van der Waals surface area (Å²) in [6, 6.07) is 0.710. The number of quaternary nitrogens is 1. The Morgan fingerprint density at radius 3 is 2.74 bits per heavy atom. The maximum atomic E-state index is 13.1. The number of piperidine rings is 4. The number of carbonyl (C=O) groups excluding carboxylic acids is 1. The predicted molar refractivity (Wildman–Crippen MR) is 71.9 cm³/mol. The molecule has 106 valence electrons. The van der Waals surface area contributed by atoms with Crippen LogP contribution >= 0.6 is 0 Å². The van der Waals surface area contributed by atoms with Crippen molar-refractivity contribution >= 4 is 5.91 Å². The Labute approximate surface area is 114 Å². The van der Waals surface area contributed by atoms with Gasteiger partial charge in [0.15, 0.2) is 0 Å². The van der Waals surface area contributed by atoms with E-state index in [9.17, 15) is 10.0 Å². The molecule has 0 radical (unpaired) electrons. The van der Waals surface area contributed by atoms with E-state index in [4.69, 9.17) is 0 Å². The summed E-state index contributed by atoms with van der Waals surface area (Å²) in [4.78, 5) is 14.3. The van der Waals surface area contributed by atoms with Crippen LogP contribution in [-0.4, -0.2) is 47.2 Å². The number of fused-ring (bicyclic) bond motifs is 2. The quantitative estimate of drug-likeness (QED) is 0.495. The second-order valence-electron chi connectivity index (χ2n) is 7.10. The number of hydrogen-bond acceptors (Lipinski definition) is 2. The van der Waals surface area contributed by atoms with E-state index in [1.54, 1.807) is 0 Å². The Bertz CT molecular complexity index is 396. The zero-order chi connectivity index (χ0) is 13.0. The van der Waals surface area contributed by atoms with E-state index in [2.05, 4.69) is 4.90 Å². The first kappa shape index (κ1) is 12.2. The summed E-state index contributed by atoms with van der Waals surface area (Å²) in [7, 11) is 0. The first-order chi connectivity index (χ1) is 9.19. The molecule has 4 aliphatic rings. The van der Waals surface area contributed by atoms with Crippen molar-refractivity contribution in [1.29, 1.82) is 0 Å². The fourth-order valence-corrected chi connectivity index (χ4v) is 5.55. The lowest BCUT2D eigenvalue weighted by atomic mass is 9.67. The molecule has 19 heavy (non-hydrogen) atoms. The number of amides is 1. The molecule has 0 saturated carbocycles. The third-order valence-corrected chi connectivity index (χ3v) is 6.19. The Morgan fingerprint density at radius 1 is 1.11 bits per heavy atom. The van der Waals surface area contributed by atoms with Gasteiger partial charge in [-0.2, -0.15) is 0 Å². The van der Waals surface area contributed by atoms with Gasteiger partial charge in [-0.05, 0) is 38.5 Å². The standard InChI is InChI=1S/C15H24N2O2/c18-14-7-1-6-13-12-5-3-9-17(19)8-2-4-11(15(12)17)10-16(13)14/h11-13,15H,1-10H2/t11-,12-,13-,15+,17?/m1/s1. The molecule has 4 aliphatic heterocycles. The fourth-order valence-electron chi connectivity index (χ4n) is 5.55. The summed E-state index contributed by atoms with van der Waals surface area (Å²) in [5.41, 5.74) is 0. The second kappa shape index (κ2) is 4.19. The van der Waals surface area contributed by atoms with Crippen LogP contribution in [0.25, 0.3) is 0 Å². The third kappa shape index (κ3) is 1.69. The lowest BCUT2D eigenvalue weighted by Crippen LogP contribution is -2.71. The van der Waals surface area contributed by atoms with Crippen LogP contribution in [0.5, 0.6) is 0 Å². The molecular formula is C15H24N2O2. The van der Waals surface area contributed by atoms with Gasteiger partial charge >= 0.3 is 0 Å². The molecule has 4 heteroatoms. The average molecular weight is 264 g/mol. The third-order valence-electron chi connectivity index (χ3n) is 6.19. The SMILES string of the molecule is O=C1CCC[C@@H]2[C@H]3CCC[N+]4([O-])CCC[C@H](CN12)[C@@H]34. The predicted octanol–water partition coefficient (Wildman–Crippen LogP) is 1.88. The lowest BCUT2D eigenvalue weighted by Gasteiger charge is -2.64. The zero-order valence-electron chi connectivity index (χ0n) is 11.6. The van der Waals surface area contributed by atoms with E-state index in [-0.39, 0.29) is 4.65 Å². The Morgan fingerprint density at radius 2 is 1.89 bits per heavy atom. The molecule has 0 aromatic carbocycles. The lowest BCUT2D eigenvalue weighted by molar-refractivity contribution is -0.925. The topological polar surface area (TPSA) is 43.4 Å². The molecule has 0 aromatic rings. The van der Waals surface area contributed by atoms with Crippen molar-refractivity contribution in [2.75, 3.05) is 19.6 Å². The Hall–Kier alpha value is -0.610. The molecule has 5 atom stereocenters. The number of carbonyl (C=O) groups is 1. The van der Waals surface area contributed by atoms with E-state index < -0.39 is 0 Å². The van der Waals surface area contributed by atoms with Crippen LogP contribution in [0, 0.1) is 17.0 Å². The largest absolute Gasteiger partial charge is 0.633 e. The molecule has 4 heterocycles. The first-order valence-electron chi connectivity index (χ1n) is 8.06.